The maximum Gasteiger partial charge on any atom is 0.271 e. The Kier molecular flexibility index (Phi) is 1.79. The third-order valence-electron chi connectivity index (χ3n) is 2.36. The first-order valence-electron chi connectivity index (χ1n) is 4.37. The van der Waals surface area contributed by atoms with E-state index >= 15 is 0 Å². The average molecular weight is 180 g/mol. The lowest BCUT2D eigenvalue weighted by Crippen LogP contribution is -2.15. The molecular formula is C8H12N4O. The highest BCUT2D eigenvalue weighted by atomic mass is 16.1. The highest BCUT2D eigenvalue weighted by Gasteiger charge is 2.26. The number of primary amides is 1. The molecule has 1 aromatic heterocycles. The summed E-state index contributed by atoms with van der Waals surface area (Å²) >= 11 is 0. The minimum atomic E-state index is -0.483. The van der Waals surface area contributed by atoms with Crippen LogP contribution in [-0.2, 0) is 13.5 Å². The molecule has 0 aliphatic heterocycles. The second kappa shape index (κ2) is 2.83. The number of nitrogens with two attached hydrogens (primary N) is 1. The van der Waals surface area contributed by atoms with Gasteiger partial charge in [-0.15, -0.1) is 5.10 Å². The fourth-order valence-corrected chi connectivity index (χ4v) is 1.39. The minimum absolute atomic E-state index is 0.328. The Morgan fingerprint density at radius 2 is 2.38 bits per heavy atom. The topological polar surface area (TPSA) is 73.8 Å². The van der Waals surface area contributed by atoms with Crippen molar-refractivity contribution in [3.63, 3.8) is 0 Å². The molecule has 1 aliphatic carbocycles. The Hall–Kier alpha value is -1.39. The number of aryl methyl sites for hydroxylation is 1. The molecule has 0 saturated heterocycles. The van der Waals surface area contributed by atoms with Crippen LogP contribution >= 0.6 is 0 Å². The number of amides is 1. The number of rotatable bonds is 3. The fraction of sp³-hybridized carbons (Fsp3) is 0.625. The Labute approximate surface area is 75.9 Å². The average Bonchev–Trinajstić information content (AvgIpc) is 2.78. The van der Waals surface area contributed by atoms with E-state index < -0.39 is 5.91 Å². The molecule has 1 aliphatic rings. The molecule has 2 N–H and O–H groups in total. The predicted molar refractivity (Wildman–Crippen MR) is 45.9 cm³/mol. The van der Waals surface area contributed by atoms with Gasteiger partial charge in [0.15, 0.2) is 5.69 Å². The lowest BCUT2D eigenvalue weighted by atomic mass is 10.2. The van der Waals surface area contributed by atoms with Gasteiger partial charge in [-0.1, -0.05) is 5.21 Å². The van der Waals surface area contributed by atoms with Crippen LogP contribution in [0.15, 0.2) is 0 Å². The third-order valence-corrected chi connectivity index (χ3v) is 2.36. The molecule has 1 fully saturated rings. The van der Waals surface area contributed by atoms with Crippen LogP contribution < -0.4 is 5.73 Å². The molecule has 1 amide bonds. The molecular weight excluding hydrogens is 168 g/mol. The van der Waals surface area contributed by atoms with Gasteiger partial charge in [-0.25, -0.2) is 0 Å². The van der Waals surface area contributed by atoms with Crippen LogP contribution in [0.1, 0.15) is 29.0 Å². The maximum absolute atomic E-state index is 10.9. The highest BCUT2D eigenvalue weighted by molar-refractivity contribution is 5.91. The summed E-state index contributed by atoms with van der Waals surface area (Å²) in [6, 6.07) is 0. The van der Waals surface area contributed by atoms with Gasteiger partial charge in [-0.3, -0.25) is 9.48 Å². The smallest absolute Gasteiger partial charge is 0.271 e. The Morgan fingerprint density at radius 1 is 1.69 bits per heavy atom. The summed E-state index contributed by atoms with van der Waals surface area (Å²) in [5.74, 6) is 0.221. The molecule has 0 aromatic carbocycles. The Balaban J connectivity index is 2.27. The molecule has 0 radical (unpaired) electrons. The summed E-state index contributed by atoms with van der Waals surface area (Å²) in [6.45, 7) is 0. The molecule has 70 valence electrons. The van der Waals surface area contributed by atoms with Crippen LogP contribution in [0.5, 0.6) is 0 Å². The van der Waals surface area contributed by atoms with Crippen molar-refractivity contribution in [1.82, 2.24) is 15.0 Å². The van der Waals surface area contributed by atoms with Gasteiger partial charge in [0.05, 0.1) is 5.69 Å². The zero-order chi connectivity index (χ0) is 9.42. The summed E-state index contributed by atoms with van der Waals surface area (Å²) < 4.78 is 1.64. The number of nitrogens with zero attached hydrogens (tertiary/aromatic N) is 3. The van der Waals surface area contributed by atoms with E-state index in [0.29, 0.717) is 11.6 Å². The van der Waals surface area contributed by atoms with Gasteiger partial charge in [0.1, 0.15) is 0 Å². The normalized spacial score (nSPS) is 16.1. The van der Waals surface area contributed by atoms with Gasteiger partial charge in [0.25, 0.3) is 5.91 Å². The van der Waals surface area contributed by atoms with E-state index in [-0.39, 0.29) is 0 Å². The zero-order valence-corrected chi connectivity index (χ0v) is 7.53. The first-order chi connectivity index (χ1) is 6.18. The van der Waals surface area contributed by atoms with Crippen molar-refractivity contribution in [2.24, 2.45) is 18.7 Å². The first-order valence-corrected chi connectivity index (χ1v) is 4.37. The zero-order valence-electron chi connectivity index (χ0n) is 7.53. The quantitative estimate of drug-likeness (QED) is 0.704. The summed E-state index contributed by atoms with van der Waals surface area (Å²) in [5, 5.41) is 7.52. The van der Waals surface area contributed by atoms with Gasteiger partial charge in [-0.05, 0) is 25.2 Å². The van der Waals surface area contributed by atoms with E-state index in [1.54, 1.807) is 11.7 Å². The van der Waals surface area contributed by atoms with Crippen molar-refractivity contribution < 1.29 is 4.79 Å². The van der Waals surface area contributed by atoms with Crippen LogP contribution in [0, 0.1) is 5.92 Å². The number of hydrogen-bond acceptors (Lipinski definition) is 3. The van der Waals surface area contributed by atoms with Crippen LogP contribution in [0.4, 0.5) is 0 Å². The van der Waals surface area contributed by atoms with Gasteiger partial charge >= 0.3 is 0 Å². The van der Waals surface area contributed by atoms with E-state index in [2.05, 4.69) is 10.3 Å². The molecule has 0 bridgehead atoms. The molecule has 13 heavy (non-hydrogen) atoms. The minimum Gasteiger partial charge on any atom is -0.364 e. The first kappa shape index (κ1) is 8.22. The van der Waals surface area contributed by atoms with Crippen molar-refractivity contribution in [2.75, 3.05) is 0 Å². The van der Waals surface area contributed by atoms with Gasteiger partial charge in [0.2, 0.25) is 0 Å². The van der Waals surface area contributed by atoms with Crippen molar-refractivity contribution in [1.29, 1.82) is 0 Å². The summed E-state index contributed by atoms with van der Waals surface area (Å²) in [4.78, 5) is 10.9. The summed E-state index contributed by atoms with van der Waals surface area (Å²) in [7, 11) is 1.79. The van der Waals surface area contributed by atoms with Crippen LogP contribution in [0.2, 0.25) is 0 Å². The van der Waals surface area contributed by atoms with E-state index in [4.69, 9.17) is 5.73 Å². The molecule has 1 aromatic rings. The SMILES string of the molecule is Cn1nnc(C(N)=O)c1CC1CC1. The third kappa shape index (κ3) is 1.54. The second-order valence-electron chi connectivity index (χ2n) is 3.52. The van der Waals surface area contributed by atoms with E-state index in [1.807, 2.05) is 0 Å². The lowest BCUT2D eigenvalue weighted by Gasteiger charge is -1.99. The van der Waals surface area contributed by atoms with Crippen LogP contribution in [0.3, 0.4) is 0 Å². The lowest BCUT2D eigenvalue weighted by molar-refractivity contribution is 0.0994. The molecule has 0 unspecified atom stereocenters. The number of carbonyl (C=O) groups excluding carboxylic acids is 1. The largest absolute Gasteiger partial charge is 0.364 e. The second-order valence-corrected chi connectivity index (χ2v) is 3.52. The summed E-state index contributed by atoms with van der Waals surface area (Å²) in [5.41, 5.74) is 6.37. The van der Waals surface area contributed by atoms with Crippen molar-refractivity contribution in [3.05, 3.63) is 11.4 Å². The van der Waals surface area contributed by atoms with Gasteiger partial charge < -0.3 is 5.73 Å². The number of hydrogen-bond donors (Lipinski definition) is 1. The molecule has 2 rings (SSSR count). The Morgan fingerprint density at radius 3 is 2.92 bits per heavy atom. The van der Waals surface area contributed by atoms with Crippen molar-refractivity contribution in [3.8, 4) is 0 Å². The standard InChI is InChI=1S/C8H12N4O/c1-12-6(4-5-2-3-5)7(8(9)13)10-11-12/h5H,2-4H2,1H3,(H2,9,13). The fourth-order valence-electron chi connectivity index (χ4n) is 1.39. The molecule has 0 spiro atoms. The Bertz CT molecular complexity index is 340. The van der Waals surface area contributed by atoms with Gasteiger partial charge in [-0.2, -0.15) is 0 Å². The monoisotopic (exact) mass is 180 g/mol. The summed E-state index contributed by atoms with van der Waals surface area (Å²) in [6.07, 6.45) is 3.36. The van der Waals surface area contributed by atoms with Crippen molar-refractivity contribution >= 4 is 5.91 Å². The van der Waals surface area contributed by atoms with Gasteiger partial charge in [0, 0.05) is 7.05 Å². The van der Waals surface area contributed by atoms with Crippen LogP contribution in [-0.4, -0.2) is 20.9 Å². The van der Waals surface area contributed by atoms with Crippen LogP contribution in [0.25, 0.3) is 0 Å². The van der Waals surface area contributed by atoms with E-state index in [0.717, 1.165) is 12.1 Å². The molecule has 5 heteroatoms. The highest BCUT2D eigenvalue weighted by Crippen LogP contribution is 2.32. The number of aromatic nitrogens is 3. The molecule has 0 atom stereocenters. The molecule has 1 heterocycles. The predicted octanol–water partition coefficient (Wildman–Crippen LogP) is -0.134. The molecule has 1 saturated carbocycles. The van der Waals surface area contributed by atoms with E-state index in [9.17, 15) is 4.79 Å². The maximum atomic E-state index is 10.9. The van der Waals surface area contributed by atoms with E-state index in [1.165, 1.54) is 12.8 Å². The number of carbonyl (C=O) groups is 1. The van der Waals surface area contributed by atoms with Crippen molar-refractivity contribution in [2.45, 2.75) is 19.3 Å². The molecule has 5 nitrogen and oxygen atoms in total.